The van der Waals surface area contributed by atoms with Crippen LogP contribution in [0.4, 0.5) is 0 Å². The third-order valence-corrected chi connectivity index (χ3v) is 1.80. The molecule has 0 fully saturated rings. The molecule has 16 heavy (non-hydrogen) atoms. The van der Waals surface area contributed by atoms with Crippen molar-refractivity contribution in [3.8, 4) is 11.8 Å². The fourth-order valence-electron chi connectivity index (χ4n) is 0.987. The van der Waals surface area contributed by atoms with E-state index < -0.39 is 6.04 Å². The van der Waals surface area contributed by atoms with Crippen LogP contribution in [0.1, 0.15) is 20.3 Å². The Morgan fingerprint density at radius 2 is 2.31 bits per heavy atom. The average molecular weight is 220 g/mol. The lowest BCUT2D eigenvalue weighted by molar-refractivity contribution is -0.122. The SMILES string of the molecule is C=CCC#CCNC(=O)[C@@H](N=[N+]=[N-])C(C)C. The number of nitrogens with zero attached hydrogens (tertiary/aromatic N) is 3. The monoisotopic (exact) mass is 220 g/mol. The highest BCUT2D eigenvalue weighted by Crippen LogP contribution is 2.06. The van der Waals surface area contributed by atoms with Gasteiger partial charge in [-0.05, 0) is 11.4 Å². The van der Waals surface area contributed by atoms with Crippen LogP contribution in [-0.2, 0) is 4.79 Å². The minimum Gasteiger partial charge on any atom is -0.345 e. The fourth-order valence-corrected chi connectivity index (χ4v) is 0.987. The Balaban J connectivity index is 4.18. The number of amides is 1. The van der Waals surface area contributed by atoms with Crippen LogP contribution < -0.4 is 5.32 Å². The molecule has 0 bridgehead atoms. The summed E-state index contributed by atoms with van der Waals surface area (Å²) in [4.78, 5) is 14.2. The van der Waals surface area contributed by atoms with E-state index in [9.17, 15) is 4.79 Å². The van der Waals surface area contributed by atoms with Gasteiger partial charge in [-0.15, -0.1) is 6.58 Å². The molecular weight excluding hydrogens is 204 g/mol. The molecule has 0 aromatic rings. The minimum atomic E-state index is -0.675. The summed E-state index contributed by atoms with van der Waals surface area (Å²) in [6.07, 6.45) is 2.28. The van der Waals surface area contributed by atoms with Gasteiger partial charge in [0.05, 0.1) is 6.54 Å². The minimum absolute atomic E-state index is 0.0305. The standard InChI is InChI=1S/C11H16N4O/c1-4-5-6-7-8-13-11(16)10(9(2)3)14-15-12/h4,9-10H,1,5,8H2,2-3H3,(H,13,16)/t10-/m0/s1. The first kappa shape index (κ1) is 14.1. The van der Waals surface area contributed by atoms with Crippen molar-refractivity contribution < 1.29 is 4.79 Å². The van der Waals surface area contributed by atoms with Crippen LogP contribution in [-0.4, -0.2) is 18.5 Å². The van der Waals surface area contributed by atoms with E-state index >= 15 is 0 Å². The van der Waals surface area contributed by atoms with Crippen molar-refractivity contribution in [3.63, 3.8) is 0 Å². The topological polar surface area (TPSA) is 77.9 Å². The van der Waals surface area contributed by atoms with Gasteiger partial charge in [-0.2, -0.15) is 0 Å². The summed E-state index contributed by atoms with van der Waals surface area (Å²) in [7, 11) is 0. The molecule has 0 rings (SSSR count). The van der Waals surface area contributed by atoms with Crippen LogP contribution in [0.5, 0.6) is 0 Å². The number of carbonyl (C=O) groups is 1. The smallest absolute Gasteiger partial charge is 0.230 e. The highest BCUT2D eigenvalue weighted by Gasteiger charge is 2.19. The number of rotatable bonds is 5. The van der Waals surface area contributed by atoms with Crippen molar-refractivity contribution in [3.05, 3.63) is 23.1 Å². The van der Waals surface area contributed by atoms with Crippen LogP contribution in [0.3, 0.4) is 0 Å². The van der Waals surface area contributed by atoms with E-state index in [-0.39, 0.29) is 18.4 Å². The first-order chi connectivity index (χ1) is 7.63. The van der Waals surface area contributed by atoms with Gasteiger partial charge in [-0.25, -0.2) is 0 Å². The molecule has 0 unspecified atom stereocenters. The van der Waals surface area contributed by atoms with Crippen molar-refractivity contribution in [2.75, 3.05) is 6.54 Å². The molecule has 0 radical (unpaired) electrons. The van der Waals surface area contributed by atoms with E-state index in [0.29, 0.717) is 6.42 Å². The average Bonchev–Trinajstić information content (AvgIpc) is 2.24. The molecule has 0 spiro atoms. The fraction of sp³-hybridized carbons (Fsp3) is 0.545. The zero-order chi connectivity index (χ0) is 12.4. The summed E-state index contributed by atoms with van der Waals surface area (Å²) in [5, 5.41) is 6.04. The van der Waals surface area contributed by atoms with Crippen LogP contribution in [0.25, 0.3) is 10.4 Å². The van der Waals surface area contributed by atoms with Gasteiger partial charge in [-0.1, -0.05) is 36.9 Å². The van der Waals surface area contributed by atoms with Crippen molar-refractivity contribution >= 4 is 5.91 Å². The zero-order valence-corrected chi connectivity index (χ0v) is 9.60. The molecule has 1 atom stereocenters. The maximum absolute atomic E-state index is 11.5. The van der Waals surface area contributed by atoms with Crippen LogP contribution in [0.15, 0.2) is 17.8 Å². The van der Waals surface area contributed by atoms with E-state index in [2.05, 4.69) is 33.8 Å². The molecule has 0 aliphatic rings. The maximum atomic E-state index is 11.5. The second-order valence-electron chi connectivity index (χ2n) is 3.46. The molecule has 86 valence electrons. The molecule has 0 heterocycles. The maximum Gasteiger partial charge on any atom is 0.230 e. The summed E-state index contributed by atoms with van der Waals surface area (Å²) in [6.45, 7) is 7.43. The number of allylic oxidation sites excluding steroid dienone is 1. The highest BCUT2D eigenvalue weighted by molar-refractivity contribution is 5.82. The molecule has 0 aliphatic heterocycles. The van der Waals surface area contributed by atoms with Gasteiger partial charge in [0.1, 0.15) is 6.04 Å². The van der Waals surface area contributed by atoms with E-state index in [0.717, 1.165) is 0 Å². The quantitative estimate of drug-likeness (QED) is 0.248. The van der Waals surface area contributed by atoms with E-state index in [1.165, 1.54) is 0 Å². The molecular formula is C11H16N4O. The van der Waals surface area contributed by atoms with E-state index in [1.54, 1.807) is 6.08 Å². The summed E-state index contributed by atoms with van der Waals surface area (Å²) in [5.41, 5.74) is 8.32. The molecule has 5 heteroatoms. The summed E-state index contributed by atoms with van der Waals surface area (Å²) in [5.74, 6) is 5.25. The Labute approximate surface area is 95.5 Å². The summed E-state index contributed by atoms with van der Waals surface area (Å²) < 4.78 is 0. The first-order valence-corrected chi connectivity index (χ1v) is 5.02. The van der Waals surface area contributed by atoms with Crippen molar-refractivity contribution in [2.24, 2.45) is 11.0 Å². The van der Waals surface area contributed by atoms with Gasteiger partial charge >= 0.3 is 0 Å². The van der Waals surface area contributed by atoms with Crippen LogP contribution in [0, 0.1) is 17.8 Å². The molecule has 0 saturated heterocycles. The Hall–Kier alpha value is -1.92. The van der Waals surface area contributed by atoms with Crippen LogP contribution >= 0.6 is 0 Å². The molecule has 0 aromatic heterocycles. The Bertz CT molecular complexity index is 345. The molecule has 0 saturated carbocycles. The second-order valence-corrected chi connectivity index (χ2v) is 3.46. The molecule has 5 nitrogen and oxygen atoms in total. The lowest BCUT2D eigenvalue weighted by Gasteiger charge is -2.13. The van der Waals surface area contributed by atoms with Gasteiger partial charge in [-0.3, -0.25) is 4.79 Å². The number of nitrogens with one attached hydrogen (secondary N) is 1. The predicted octanol–water partition coefficient (Wildman–Crippen LogP) is 2.02. The lowest BCUT2D eigenvalue weighted by Crippen LogP contribution is -2.36. The van der Waals surface area contributed by atoms with Crippen molar-refractivity contribution in [1.82, 2.24) is 5.32 Å². The second kappa shape index (κ2) is 8.39. The van der Waals surface area contributed by atoms with Gasteiger partial charge in [0, 0.05) is 11.3 Å². The number of azide groups is 1. The van der Waals surface area contributed by atoms with Gasteiger partial charge in [0.2, 0.25) is 5.91 Å². The Morgan fingerprint density at radius 1 is 1.62 bits per heavy atom. The van der Waals surface area contributed by atoms with Gasteiger partial charge < -0.3 is 5.32 Å². The largest absolute Gasteiger partial charge is 0.345 e. The molecule has 1 N–H and O–H groups in total. The first-order valence-electron chi connectivity index (χ1n) is 5.02. The number of hydrogen-bond donors (Lipinski definition) is 1. The van der Waals surface area contributed by atoms with E-state index in [4.69, 9.17) is 5.53 Å². The number of carbonyl (C=O) groups excluding carboxylic acids is 1. The van der Waals surface area contributed by atoms with Gasteiger partial charge in [0.15, 0.2) is 0 Å². The third-order valence-electron chi connectivity index (χ3n) is 1.80. The molecule has 0 aliphatic carbocycles. The summed E-state index contributed by atoms with van der Waals surface area (Å²) >= 11 is 0. The predicted molar refractivity (Wildman–Crippen MR) is 63.4 cm³/mol. The van der Waals surface area contributed by atoms with Crippen molar-refractivity contribution in [1.29, 1.82) is 0 Å². The van der Waals surface area contributed by atoms with Crippen LogP contribution in [0.2, 0.25) is 0 Å². The Kier molecular flexibility index (Phi) is 7.39. The van der Waals surface area contributed by atoms with Gasteiger partial charge in [0.25, 0.3) is 0 Å². The van der Waals surface area contributed by atoms with Crippen molar-refractivity contribution in [2.45, 2.75) is 26.3 Å². The number of hydrogen-bond acceptors (Lipinski definition) is 2. The lowest BCUT2D eigenvalue weighted by atomic mass is 10.1. The Morgan fingerprint density at radius 3 is 2.81 bits per heavy atom. The molecule has 0 aromatic carbocycles. The highest BCUT2D eigenvalue weighted by atomic mass is 16.2. The van der Waals surface area contributed by atoms with E-state index in [1.807, 2.05) is 13.8 Å². The summed E-state index contributed by atoms with van der Waals surface area (Å²) in [6, 6.07) is -0.675. The third kappa shape index (κ3) is 5.74. The molecule has 1 amide bonds. The normalized spacial score (nSPS) is 10.7. The zero-order valence-electron chi connectivity index (χ0n) is 9.60.